The fraction of sp³-hybridized carbons (Fsp3) is 0. The van der Waals surface area contributed by atoms with Crippen LogP contribution >= 0.6 is 0 Å². The minimum Gasteiger partial charge on any atom is -0.436 e. The zero-order valence-electron chi connectivity index (χ0n) is 8.09. The van der Waals surface area contributed by atoms with E-state index in [0.717, 1.165) is 0 Å². The lowest BCUT2D eigenvalue weighted by molar-refractivity contribution is 0.456. The van der Waals surface area contributed by atoms with E-state index < -0.39 is 0 Å². The van der Waals surface area contributed by atoms with Gasteiger partial charge in [0.1, 0.15) is 17.6 Å². The molecule has 0 aliphatic heterocycles. The van der Waals surface area contributed by atoms with Crippen molar-refractivity contribution in [2.45, 2.75) is 0 Å². The van der Waals surface area contributed by atoms with Gasteiger partial charge in [0.05, 0.1) is 0 Å². The summed E-state index contributed by atoms with van der Waals surface area (Å²) in [4.78, 5) is 7.65. The first kappa shape index (κ1) is 10.1. The highest BCUT2D eigenvalue weighted by Gasteiger charge is 2.06. The molecule has 16 heavy (non-hydrogen) atoms. The van der Waals surface area contributed by atoms with Crippen molar-refractivity contribution < 1.29 is 9.13 Å². The van der Waals surface area contributed by atoms with Crippen molar-refractivity contribution in [3.05, 3.63) is 48.2 Å². The standard InChI is InChI=1S/C11H6FN3O/c12-8-1-3-9(4-2-8)16-11-10(7-13)14-5-6-15-11/h1-6H. The topological polar surface area (TPSA) is 58.8 Å². The van der Waals surface area contributed by atoms with Gasteiger partial charge in [-0.3, -0.25) is 0 Å². The largest absolute Gasteiger partial charge is 0.436 e. The van der Waals surface area contributed by atoms with Crippen LogP contribution in [0, 0.1) is 17.1 Å². The van der Waals surface area contributed by atoms with Gasteiger partial charge in [-0.15, -0.1) is 0 Å². The van der Waals surface area contributed by atoms with Gasteiger partial charge in [0.25, 0.3) is 5.88 Å². The molecule has 0 amide bonds. The van der Waals surface area contributed by atoms with Crippen LogP contribution in [0.2, 0.25) is 0 Å². The average molecular weight is 215 g/mol. The summed E-state index contributed by atoms with van der Waals surface area (Å²) in [6, 6.07) is 7.28. The number of ether oxygens (including phenoxy) is 1. The Hall–Kier alpha value is -2.48. The smallest absolute Gasteiger partial charge is 0.256 e. The molecule has 0 aliphatic rings. The highest BCUT2D eigenvalue weighted by atomic mass is 19.1. The van der Waals surface area contributed by atoms with Crippen molar-refractivity contribution in [1.82, 2.24) is 9.97 Å². The van der Waals surface area contributed by atoms with E-state index in [9.17, 15) is 4.39 Å². The highest BCUT2D eigenvalue weighted by molar-refractivity contribution is 5.34. The van der Waals surface area contributed by atoms with Gasteiger partial charge in [-0.25, -0.2) is 14.4 Å². The molecule has 0 unspecified atom stereocenters. The molecule has 0 N–H and O–H groups in total. The number of aromatic nitrogens is 2. The molecule has 0 atom stereocenters. The normalized spacial score (nSPS) is 9.50. The number of nitriles is 1. The maximum absolute atomic E-state index is 12.6. The number of hydrogen-bond donors (Lipinski definition) is 0. The van der Waals surface area contributed by atoms with Gasteiger partial charge in [0, 0.05) is 12.4 Å². The molecule has 0 bridgehead atoms. The van der Waals surface area contributed by atoms with E-state index in [1.807, 2.05) is 6.07 Å². The molecule has 0 spiro atoms. The van der Waals surface area contributed by atoms with Crippen LogP contribution in [0.25, 0.3) is 0 Å². The van der Waals surface area contributed by atoms with Crippen molar-refractivity contribution in [3.63, 3.8) is 0 Å². The summed E-state index contributed by atoms with van der Waals surface area (Å²) in [7, 11) is 0. The van der Waals surface area contributed by atoms with E-state index in [0.29, 0.717) is 5.75 Å². The number of benzene rings is 1. The third-order valence-electron chi connectivity index (χ3n) is 1.80. The molecule has 0 radical (unpaired) electrons. The van der Waals surface area contributed by atoms with Gasteiger partial charge < -0.3 is 4.74 Å². The molecular formula is C11H6FN3O. The van der Waals surface area contributed by atoms with Crippen LogP contribution in [0.5, 0.6) is 11.6 Å². The summed E-state index contributed by atoms with van der Waals surface area (Å²) < 4.78 is 17.9. The van der Waals surface area contributed by atoms with E-state index in [1.54, 1.807) is 0 Å². The van der Waals surface area contributed by atoms with Gasteiger partial charge in [-0.1, -0.05) is 0 Å². The number of nitrogens with zero attached hydrogens (tertiary/aromatic N) is 3. The molecular weight excluding hydrogens is 209 g/mol. The summed E-state index contributed by atoms with van der Waals surface area (Å²) in [6.07, 6.45) is 2.82. The van der Waals surface area contributed by atoms with E-state index in [1.165, 1.54) is 36.7 Å². The van der Waals surface area contributed by atoms with Gasteiger partial charge in [-0.2, -0.15) is 5.26 Å². The fourth-order valence-corrected chi connectivity index (χ4v) is 1.09. The molecule has 4 nitrogen and oxygen atoms in total. The molecule has 0 saturated heterocycles. The summed E-state index contributed by atoms with van der Waals surface area (Å²) in [6.45, 7) is 0. The quantitative estimate of drug-likeness (QED) is 0.771. The Morgan fingerprint density at radius 3 is 2.50 bits per heavy atom. The molecule has 1 aromatic heterocycles. The number of hydrogen-bond acceptors (Lipinski definition) is 4. The van der Waals surface area contributed by atoms with Gasteiger partial charge >= 0.3 is 0 Å². The molecule has 2 rings (SSSR count). The highest BCUT2D eigenvalue weighted by Crippen LogP contribution is 2.20. The predicted molar refractivity (Wildman–Crippen MR) is 53.2 cm³/mol. The molecule has 5 heteroatoms. The first-order valence-corrected chi connectivity index (χ1v) is 4.44. The predicted octanol–water partition coefficient (Wildman–Crippen LogP) is 2.28. The SMILES string of the molecule is N#Cc1nccnc1Oc1ccc(F)cc1. The van der Waals surface area contributed by atoms with E-state index in [4.69, 9.17) is 10.00 Å². The van der Waals surface area contributed by atoms with Crippen LogP contribution in [0.3, 0.4) is 0 Å². The summed E-state index contributed by atoms with van der Waals surface area (Å²) in [5.41, 5.74) is 0.0897. The van der Waals surface area contributed by atoms with E-state index >= 15 is 0 Å². The lowest BCUT2D eigenvalue weighted by Crippen LogP contribution is -1.93. The van der Waals surface area contributed by atoms with E-state index in [-0.39, 0.29) is 17.4 Å². The first-order chi connectivity index (χ1) is 7.79. The van der Waals surface area contributed by atoms with Gasteiger partial charge in [-0.05, 0) is 24.3 Å². The lowest BCUT2D eigenvalue weighted by atomic mass is 10.3. The van der Waals surface area contributed by atoms with E-state index in [2.05, 4.69) is 9.97 Å². The zero-order valence-corrected chi connectivity index (χ0v) is 8.09. The molecule has 0 saturated carbocycles. The lowest BCUT2D eigenvalue weighted by Gasteiger charge is -2.04. The second-order valence-corrected chi connectivity index (χ2v) is 2.88. The minimum atomic E-state index is -0.355. The first-order valence-electron chi connectivity index (χ1n) is 4.44. The Morgan fingerprint density at radius 1 is 1.12 bits per heavy atom. The molecule has 1 heterocycles. The number of rotatable bonds is 2. The van der Waals surface area contributed by atoms with Gasteiger partial charge in [0.15, 0.2) is 0 Å². The van der Waals surface area contributed by atoms with Crippen molar-refractivity contribution in [3.8, 4) is 17.7 Å². The summed E-state index contributed by atoms with van der Waals surface area (Å²) >= 11 is 0. The molecule has 78 valence electrons. The van der Waals surface area contributed by atoms with Crippen LogP contribution in [-0.2, 0) is 0 Å². The Morgan fingerprint density at radius 2 is 1.81 bits per heavy atom. The zero-order chi connectivity index (χ0) is 11.4. The molecule has 0 aliphatic carbocycles. The molecule has 2 aromatic rings. The van der Waals surface area contributed by atoms with Crippen LogP contribution < -0.4 is 4.74 Å². The van der Waals surface area contributed by atoms with Crippen LogP contribution in [0.4, 0.5) is 4.39 Å². The maximum Gasteiger partial charge on any atom is 0.256 e. The van der Waals surface area contributed by atoms with Crippen LogP contribution in [-0.4, -0.2) is 9.97 Å². The Kier molecular flexibility index (Phi) is 2.74. The Bertz CT molecular complexity index is 534. The second-order valence-electron chi connectivity index (χ2n) is 2.88. The van der Waals surface area contributed by atoms with Crippen molar-refractivity contribution >= 4 is 0 Å². The van der Waals surface area contributed by atoms with Crippen molar-refractivity contribution in [2.75, 3.05) is 0 Å². The van der Waals surface area contributed by atoms with Crippen molar-refractivity contribution in [1.29, 1.82) is 5.26 Å². The second kappa shape index (κ2) is 4.36. The minimum absolute atomic E-state index is 0.0897. The van der Waals surface area contributed by atoms with Crippen LogP contribution in [0.1, 0.15) is 5.69 Å². The maximum atomic E-state index is 12.6. The average Bonchev–Trinajstić information content (AvgIpc) is 2.33. The Balaban J connectivity index is 2.27. The third-order valence-corrected chi connectivity index (χ3v) is 1.80. The monoisotopic (exact) mass is 215 g/mol. The molecule has 1 aromatic carbocycles. The third kappa shape index (κ3) is 2.12. The Labute approximate surface area is 91.0 Å². The fourth-order valence-electron chi connectivity index (χ4n) is 1.09. The number of halogens is 1. The summed E-state index contributed by atoms with van der Waals surface area (Å²) in [5, 5.41) is 8.75. The van der Waals surface area contributed by atoms with Crippen molar-refractivity contribution in [2.24, 2.45) is 0 Å². The van der Waals surface area contributed by atoms with Gasteiger partial charge in [0.2, 0.25) is 5.69 Å². The summed E-state index contributed by atoms with van der Waals surface area (Å²) in [5.74, 6) is 0.155. The van der Waals surface area contributed by atoms with Crippen LogP contribution in [0.15, 0.2) is 36.7 Å². The molecule has 0 fully saturated rings.